The highest BCUT2D eigenvalue weighted by Gasteiger charge is 2.10. The molecule has 1 atom stereocenters. The zero-order chi connectivity index (χ0) is 11.3. The van der Waals surface area contributed by atoms with Crippen molar-refractivity contribution >= 4 is 17.5 Å². The molecule has 1 amide bonds. The van der Waals surface area contributed by atoms with E-state index >= 15 is 0 Å². The Morgan fingerprint density at radius 3 is 3.00 bits per heavy atom. The van der Waals surface area contributed by atoms with Gasteiger partial charge < -0.3 is 9.84 Å². The van der Waals surface area contributed by atoms with E-state index in [9.17, 15) is 4.79 Å². The van der Waals surface area contributed by atoms with Gasteiger partial charge in [-0.1, -0.05) is 5.16 Å². The number of amides is 1. The molecule has 84 valence electrons. The molecule has 5 heteroatoms. The minimum Gasteiger partial charge on any atom is -0.351 e. The quantitative estimate of drug-likeness (QED) is 0.623. The van der Waals surface area contributed by atoms with Crippen molar-refractivity contribution in [2.75, 3.05) is 6.54 Å². The zero-order valence-corrected chi connectivity index (χ0v) is 9.67. The molecule has 0 spiro atoms. The Bertz CT molecular complexity index is 323. The molecule has 0 aliphatic heterocycles. The van der Waals surface area contributed by atoms with E-state index in [1.165, 1.54) is 0 Å². The molecule has 0 radical (unpaired) electrons. The van der Waals surface area contributed by atoms with Crippen LogP contribution in [-0.2, 0) is 0 Å². The average molecular weight is 231 g/mol. The standard InChI is InChI=1S/C10H15ClN2O2/c1-7(11)4-3-5-12-10(14)9-6-8(2)13-15-9/h6-7H,3-5H2,1-2H3,(H,12,14). The van der Waals surface area contributed by atoms with Crippen molar-refractivity contribution in [2.24, 2.45) is 0 Å². The predicted molar refractivity (Wildman–Crippen MR) is 58.1 cm³/mol. The summed E-state index contributed by atoms with van der Waals surface area (Å²) >= 11 is 5.77. The second-order valence-corrected chi connectivity index (χ2v) is 4.26. The molecular weight excluding hydrogens is 216 g/mol. The molecule has 1 aromatic heterocycles. The molecule has 0 bridgehead atoms. The molecule has 1 N–H and O–H groups in total. The first-order chi connectivity index (χ1) is 7.09. The van der Waals surface area contributed by atoms with Crippen LogP contribution >= 0.6 is 11.6 Å². The molecule has 0 aliphatic carbocycles. The van der Waals surface area contributed by atoms with Crippen molar-refractivity contribution in [1.82, 2.24) is 10.5 Å². The fourth-order valence-corrected chi connectivity index (χ4v) is 1.30. The summed E-state index contributed by atoms with van der Waals surface area (Å²) in [6.45, 7) is 4.31. The van der Waals surface area contributed by atoms with Gasteiger partial charge in [-0.3, -0.25) is 4.79 Å². The van der Waals surface area contributed by atoms with E-state index in [1.54, 1.807) is 13.0 Å². The lowest BCUT2D eigenvalue weighted by atomic mass is 10.2. The topological polar surface area (TPSA) is 55.1 Å². The van der Waals surface area contributed by atoms with Gasteiger partial charge in [0.05, 0.1) is 5.69 Å². The van der Waals surface area contributed by atoms with E-state index in [0.29, 0.717) is 12.2 Å². The lowest BCUT2D eigenvalue weighted by Crippen LogP contribution is -2.24. The maximum Gasteiger partial charge on any atom is 0.289 e. The minimum atomic E-state index is -0.224. The van der Waals surface area contributed by atoms with Crippen LogP contribution in [0.25, 0.3) is 0 Å². The number of alkyl halides is 1. The van der Waals surface area contributed by atoms with E-state index in [2.05, 4.69) is 10.5 Å². The van der Waals surface area contributed by atoms with Crippen molar-refractivity contribution in [1.29, 1.82) is 0 Å². The van der Waals surface area contributed by atoms with Gasteiger partial charge in [-0.05, 0) is 26.7 Å². The van der Waals surface area contributed by atoms with Crippen molar-refractivity contribution < 1.29 is 9.32 Å². The van der Waals surface area contributed by atoms with Crippen LogP contribution in [0.3, 0.4) is 0 Å². The van der Waals surface area contributed by atoms with Crippen LogP contribution in [0.2, 0.25) is 0 Å². The Morgan fingerprint density at radius 2 is 2.47 bits per heavy atom. The van der Waals surface area contributed by atoms with Crippen LogP contribution in [0.15, 0.2) is 10.6 Å². The molecule has 1 unspecified atom stereocenters. The average Bonchev–Trinajstić information content (AvgIpc) is 2.59. The van der Waals surface area contributed by atoms with Gasteiger partial charge in [0.2, 0.25) is 5.76 Å². The Kier molecular flexibility index (Phi) is 4.62. The molecule has 0 saturated heterocycles. The summed E-state index contributed by atoms with van der Waals surface area (Å²) in [6, 6.07) is 1.61. The first-order valence-corrected chi connectivity index (χ1v) is 5.39. The number of nitrogens with zero attached hydrogens (tertiary/aromatic N) is 1. The summed E-state index contributed by atoms with van der Waals surface area (Å²) in [7, 11) is 0. The first-order valence-electron chi connectivity index (χ1n) is 4.95. The van der Waals surface area contributed by atoms with Crippen LogP contribution in [-0.4, -0.2) is 23.0 Å². The monoisotopic (exact) mass is 230 g/mol. The number of carbonyl (C=O) groups excluding carboxylic acids is 1. The second-order valence-electron chi connectivity index (χ2n) is 3.51. The number of nitrogens with one attached hydrogen (secondary N) is 1. The first kappa shape index (κ1) is 12.0. The summed E-state index contributed by atoms with van der Waals surface area (Å²) in [5, 5.41) is 6.52. The summed E-state index contributed by atoms with van der Waals surface area (Å²) in [5.41, 5.74) is 0.703. The van der Waals surface area contributed by atoms with Crippen molar-refractivity contribution in [2.45, 2.75) is 32.1 Å². The molecule has 1 aromatic rings. The summed E-state index contributed by atoms with van der Waals surface area (Å²) in [5.74, 6) is 0.0317. The molecule has 0 fully saturated rings. The molecular formula is C10H15ClN2O2. The molecule has 15 heavy (non-hydrogen) atoms. The van der Waals surface area contributed by atoms with Gasteiger partial charge in [-0.15, -0.1) is 11.6 Å². The zero-order valence-electron chi connectivity index (χ0n) is 8.92. The lowest BCUT2D eigenvalue weighted by molar-refractivity contribution is 0.0916. The van der Waals surface area contributed by atoms with Gasteiger partial charge in [0, 0.05) is 18.0 Å². The number of aryl methyl sites for hydroxylation is 1. The van der Waals surface area contributed by atoms with Crippen LogP contribution in [0.4, 0.5) is 0 Å². The van der Waals surface area contributed by atoms with E-state index in [1.807, 2.05) is 6.92 Å². The number of hydrogen-bond donors (Lipinski definition) is 1. The molecule has 0 saturated carbocycles. The largest absolute Gasteiger partial charge is 0.351 e. The normalized spacial score (nSPS) is 12.5. The third kappa shape index (κ3) is 4.34. The van der Waals surface area contributed by atoms with E-state index in [4.69, 9.17) is 16.1 Å². The van der Waals surface area contributed by atoms with Gasteiger partial charge in [-0.25, -0.2) is 0 Å². The maximum atomic E-state index is 11.4. The SMILES string of the molecule is Cc1cc(C(=O)NCCCC(C)Cl)on1. The third-order valence-corrected chi connectivity index (χ3v) is 2.13. The predicted octanol–water partition coefficient (Wildman–Crippen LogP) is 2.12. The maximum absolute atomic E-state index is 11.4. The van der Waals surface area contributed by atoms with Crippen LogP contribution < -0.4 is 5.32 Å². The van der Waals surface area contributed by atoms with Crippen LogP contribution in [0.1, 0.15) is 36.0 Å². The van der Waals surface area contributed by atoms with Gasteiger partial charge in [-0.2, -0.15) is 0 Å². The number of rotatable bonds is 5. The van der Waals surface area contributed by atoms with Crippen molar-refractivity contribution in [3.05, 3.63) is 17.5 Å². The summed E-state index contributed by atoms with van der Waals surface area (Å²) < 4.78 is 4.82. The highest BCUT2D eigenvalue weighted by molar-refractivity contribution is 6.20. The Labute approximate surface area is 94.0 Å². The Morgan fingerprint density at radius 1 is 1.73 bits per heavy atom. The molecule has 4 nitrogen and oxygen atoms in total. The van der Waals surface area contributed by atoms with Gasteiger partial charge >= 0.3 is 0 Å². The lowest BCUT2D eigenvalue weighted by Gasteiger charge is -2.03. The van der Waals surface area contributed by atoms with Gasteiger partial charge in [0.1, 0.15) is 0 Å². The highest BCUT2D eigenvalue weighted by atomic mass is 35.5. The molecule has 0 aromatic carbocycles. The molecule has 0 aliphatic rings. The van der Waals surface area contributed by atoms with Gasteiger partial charge in [0.15, 0.2) is 0 Å². The third-order valence-electron chi connectivity index (χ3n) is 1.92. The number of carbonyl (C=O) groups is 1. The Balaban J connectivity index is 2.25. The van der Waals surface area contributed by atoms with E-state index < -0.39 is 0 Å². The summed E-state index contributed by atoms with van der Waals surface area (Å²) in [4.78, 5) is 11.4. The van der Waals surface area contributed by atoms with Crippen LogP contribution in [0.5, 0.6) is 0 Å². The summed E-state index contributed by atoms with van der Waals surface area (Å²) in [6.07, 6.45) is 1.75. The van der Waals surface area contributed by atoms with E-state index in [-0.39, 0.29) is 17.0 Å². The number of aromatic nitrogens is 1. The molecule has 1 rings (SSSR count). The Hall–Kier alpha value is -1.03. The highest BCUT2D eigenvalue weighted by Crippen LogP contribution is 2.04. The second kappa shape index (κ2) is 5.75. The van der Waals surface area contributed by atoms with Gasteiger partial charge in [0.25, 0.3) is 5.91 Å². The van der Waals surface area contributed by atoms with Crippen molar-refractivity contribution in [3.8, 4) is 0 Å². The van der Waals surface area contributed by atoms with E-state index in [0.717, 1.165) is 12.8 Å². The number of halogens is 1. The smallest absolute Gasteiger partial charge is 0.289 e. The fraction of sp³-hybridized carbons (Fsp3) is 0.600. The van der Waals surface area contributed by atoms with Crippen LogP contribution in [0, 0.1) is 6.92 Å². The fourth-order valence-electron chi connectivity index (χ4n) is 1.14. The minimum absolute atomic E-state index is 0.148. The number of hydrogen-bond acceptors (Lipinski definition) is 3. The molecule has 1 heterocycles. The van der Waals surface area contributed by atoms with Crippen molar-refractivity contribution in [3.63, 3.8) is 0 Å².